The van der Waals surface area contributed by atoms with Crippen LogP contribution in [0.15, 0.2) is 48.5 Å². The molecule has 0 aliphatic heterocycles. The Morgan fingerprint density at radius 3 is 2.45 bits per heavy atom. The first kappa shape index (κ1) is 21.9. The number of nitrogens with one attached hydrogen (secondary N) is 3. The smallest absolute Gasteiger partial charge is 0.313 e. The van der Waals surface area contributed by atoms with E-state index in [0.29, 0.717) is 24.8 Å². The average Bonchev–Trinajstić information content (AvgIpc) is 2.72. The molecule has 0 aromatic heterocycles. The lowest BCUT2D eigenvalue weighted by Gasteiger charge is -2.12. The van der Waals surface area contributed by atoms with Gasteiger partial charge >= 0.3 is 11.8 Å². The molecule has 29 heavy (non-hydrogen) atoms. The molecule has 0 aliphatic rings. The van der Waals surface area contributed by atoms with Crippen molar-refractivity contribution in [2.75, 3.05) is 19.0 Å². The second-order valence-electron chi connectivity index (χ2n) is 6.97. The molecule has 0 saturated carbocycles. The number of carbonyl (C=O) groups is 3. The van der Waals surface area contributed by atoms with Gasteiger partial charge in [0.1, 0.15) is 5.75 Å². The van der Waals surface area contributed by atoms with Crippen LogP contribution in [-0.2, 0) is 16.1 Å². The Labute approximate surface area is 170 Å². The summed E-state index contributed by atoms with van der Waals surface area (Å²) in [5, 5.41) is 7.90. The van der Waals surface area contributed by atoms with Gasteiger partial charge in [-0.15, -0.1) is 0 Å². The maximum atomic E-state index is 12.6. The minimum atomic E-state index is -0.804. The van der Waals surface area contributed by atoms with Crippen molar-refractivity contribution in [2.45, 2.75) is 26.8 Å². The Bertz CT molecular complexity index is 865. The molecule has 0 aliphatic carbocycles. The third-order valence-electron chi connectivity index (χ3n) is 4.22. The molecule has 0 unspecified atom stereocenters. The van der Waals surface area contributed by atoms with Gasteiger partial charge in [0, 0.05) is 13.1 Å². The first-order valence-corrected chi connectivity index (χ1v) is 9.50. The fourth-order valence-electron chi connectivity index (χ4n) is 2.58. The second kappa shape index (κ2) is 10.8. The highest BCUT2D eigenvalue weighted by molar-refractivity contribution is 6.40. The SMILES string of the molecule is COc1cccc(CNC(=O)c2ccccc2NC(=O)C(=O)NCCC(C)C)c1. The topological polar surface area (TPSA) is 96.5 Å². The zero-order chi connectivity index (χ0) is 21.2. The van der Waals surface area contributed by atoms with Crippen LogP contribution >= 0.6 is 0 Å². The highest BCUT2D eigenvalue weighted by Gasteiger charge is 2.17. The van der Waals surface area contributed by atoms with Gasteiger partial charge in [0.15, 0.2) is 0 Å². The van der Waals surface area contributed by atoms with Gasteiger partial charge in [-0.05, 0) is 42.2 Å². The van der Waals surface area contributed by atoms with Crippen LogP contribution in [0.25, 0.3) is 0 Å². The molecule has 0 saturated heterocycles. The Balaban J connectivity index is 1.98. The van der Waals surface area contributed by atoms with Crippen LogP contribution in [0.1, 0.15) is 36.2 Å². The zero-order valence-electron chi connectivity index (χ0n) is 17.0. The van der Waals surface area contributed by atoms with Gasteiger partial charge in [0.25, 0.3) is 5.91 Å². The first-order valence-electron chi connectivity index (χ1n) is 9.50. The van der Waals surface area contributed by atoms with Crippen molar-refractivity contribution in [2.24, 2.45) is 5.92 Å². The number of rotatable bonds is 8. The lowest BCUT2D eigenvalue weighted by Crippen LogP contribution is -2.36. The Morgan fingerprint density at radius 1 is 0.966 bits per heavy atom. The maximum Gasteiger partial charge on any atom is 0.313 e. The summed E-state index contributed by atoms with van der Waals surface area (Å²) in [4.78, 5) is 36.7. The van der Waals surface area contributed by atoms with Crippen LogP contribution in [0.3, 0.4) is 0 Å². The molecule has 2 aromatic rings. The number of para-hydroxylation sites is 1. The molecular formula is C22H27N3O4. The van der Waals surface area contributed by atoms with E-state index in [2.05, 4.69) is 16.0 Å². The minimum absolute atomic E-state index is 0.277. The van der Waals surface area contributed by atoms with Gasteiger partial charge < -0.3 is 20.7 Å². The van der Waals surface area contributed by atoms with Crippen LogP contribution < -0.4 is 20.7 Å². The van der Waals surface area contributed by atoms with Gasteiger partial charge in [0.05, 0.1) is 18.4 Å². The van der Waals surface area contributed by atoms with Crippen molar-refractivity contribution >= 4 is 23.4 Å². The molecule has 154 valence electrons. The van der Waals surface area contributed by atoms with Gasteiger partial charge in [-0.25, -0.2) is 0 Å². The molecule has 0 spiro atoms. The van der Waals surface area contributed by atoms with Crippen LogP contribution in [0.2, 0.25) is 0 Å². The predicted octanol–water partition coefficient (Wildman–Crippen LogP) is 2.73. The second-order valence-corrected chi connectivity index (χ2v) is 6.97. The number of carbonyl (C=O) groups excluding carboxylic acids is 3. The summed E-state index contributed by atoms with van der Waals surface area (Å²) >= 11 is 0. The summed E-state index contributed by atoms with van der Waals surface area (Å²) in [6, 6.07) is 13.9. The van der Waals surface area contributed by atoms with Gasteiger partial charge in [-0.1, -0.05) is 38.1 Å². The van der Waals surface area contributed by atoms with E-state index in [4.69, 9.17) is 4.74 Å². The molecule has 0 fully saturated rings. The third-order valence-corrected chi connectivity index (χ3v) is 4.22. The number of amides is 3. The highest BCUT2D eigenvalue weighted by Crippen LogP contribution is 2.16. The van der Waals surface area contributed by atoms with Crippen LogP contribution in [0.5, 0.6) is 5.75 Å². The average molecular weight is 397 g/mol. The van der Waals surface area contributed by atoms with Crippen molar-refractivity contribution in [1.82, 2.24) is 10.6 Å². The summed E-state index contributed by atoms with van der Waals surface area (Å²) in [5.41, 5.74) is 1.43. The Morgan fingerprint density at radius 2 is 1.72 bits per heavy atom. The standard InChI is InChI=1S/C22H27N3O4/c1-15(2)11-12-23-21(27)22(28)25-19-10-5-4-9-18(19)20(26)24-14-16-7-6-8-17(13-16)29-3/h4-10,13,15H,11-12,14H2,1-3H3,(H,23,27)(H,24,26)(H,25,28). The Kier molecular flexibility index (Phi) is 8.21. The number of ether oxygens (including phenoxy) is 1. The van der Waals surface area contributed by atoms with E-state index < -0.39 is 11.8 Å². The van der Waals surface area contributed by atoms with E-state index in [1.165, 1.54) is 0 Å². The van der Waals surface area contributed by atoms with E-state index >= 15 is 0 Å². The van der Waals surface area contributed by atoms with Crippen molar-refractivity contribution in [1.29, 1.82) is 0 Å². The van der Waals surface area contributed by atoms with Gasteiger partial charge in [0.2, 0.25) is 0 Å². The molecule has 0 radical (unpaired) electrons. The lowest BCUT2D eigenvalue weighted by atomic mass is 10.1. The summed E-state index contributed by atoms with van der Waals surface area (Å²) in [7, 11) is 1.58. The molecule has 3 N–H and O–H groups in total. The zero-order valence-corrected chi connectivity index (χ0v) is 17.0. The summed E-state index contributed by atoms with van der Waals surface area (Å²) in [6.45, 7) is 4.79. The van der Waals surface area contributed by atoms with E-state index in [1.54, 1.807) is 31.4 Å². The monoisotopic (exact) mass is 397 g/mol. The Hall–Kier alpha value is -3.35. The van der Waals surface area contributed by atoms with Gasteiger partial charge in [-0.2, -0.15) is 0 Å². The van der Waals surface area contributed by atoms with E-state index in [9.17, 15) is 14.4 Å². The third kappa shape index (κ3) is 6.95. The van der Waals surface area contributed by atoms with Crippen molar-refractivity contribution in [3.63, 3.8) is 0 Å². The summed E-state index contributed by atoms with van der Waals surface area (Å²) < 4.78 is 5.17. The molecule has 0 heterocycles. The van der Waals surface area contributed by atoms with Crippen molar-refractivity contribution in [3.05, 3.63) is 59.7 Å². The molecule has 0 bridgehead atoms. The van der Waals surface area contributed by atoms with Crippen molar-refractivity contribution in [3.8, 4) is 5.75 Å². The molecule has 0 atom stereocenters. The molecule has 7 heteroatoms. The quantitative estimate of drug-likeness (QED) is 0.597. The largest absolute Gasteiger partial charge is 0.497 e. The van der Waals surface area contributed by atoms with E-state index in [-0.39, 0.29) is 17.2 Å². The number of benzene rings is 2. The molecule has 2 aromatic carbocycles. The molecule has 2 rings (SSSR count). The summed E-state index contributed by atoms with van der Waals surface area (Å²) in [6.07, 6.45) is 0.780. The fraction of sp³-hybridized carbons (Fsp3) is 0.318. The van der Waals surface area contributed by atoms with E-state index in [1.807, 2.05) is 38.1 Å². The van der Waals surface area contributed by atoms with Crippen LogP contribution in [0, 0.1) is 5.92 Å². The first-order chi connectivity index (χ1) is 13.9. The van der Waals surface area contributed by atoms with Crippen LogP contribution in [-0.4, -0.2) is 31.4 Å². The summed E-state index contributed by atoms with van der Waals surface area (Å²) in [5.74, 6) is -0.761. The fourth-order valence-corrected chi connectivity index (χ4v) is 2.58. The predicted molar refractivity (Wildman–Crippen MR) is 112 cm³/mol. The molecular weight excluding hydrogens is 370 g/mol. The van der Waals surface area contributed by atoms with Crippen molar-refractivity contribution < 1.29 is 19.1 Å². The number of hydrogen-bond acceptors (Lipinski definition) is 4. The minimum Gasteiger partial charge on any atom is -0.497 e. The normalized spacial score (nSPS) is 10.3. The molecule has 3 amide bonds. The highest BCUT2D eigenvalue weighted by atomic mass is 16.5. The van der Waals surface area contributed by atoms with Crippen LogP contribution in [0.4, 0.5) is 5.69 Å². The lowest BCUT2D eigenvalue weighted by molar-refractivity contribution is -0.136. The number of methoxy groups -OCH3 is 1. The maximum absolute atomic E-state index is 12.6. The molecule has 7 nitrogen and oxygen atoms in total. The number of anilines is 1. The van der Waals surface area contributed by atoms with E-state index in [0.717, 1.165) is 12.0 Å². The number of hydrogen-bond donors (Lipinski definition) is 3. The van der Waals surface area contributed by atoms with Gasteiger partial charge in [-0.3, -0.25) is 14.4 Å².